The molecule has 3 atom stereocenters. The average Bonchev–Trinajstić information content (AvgIpc) is 2.96. The van der Waals surface area contributed by atoms with Gasteiger partial charge in [-0.25, -0.2) is 0 Å². The highest BCUT2D eigenvalue weighted by Gasteiger charge is 2.34. The minimum absolute atomic E-state index is 0.0409. The van der Waals surface area contributed by atoms with Gasteiger partial charge in [-0.2, -0.15) is 0 Å². The maximum atomic E-state index is 12.1. The Morgan fingerprint density at radius 1 is 1.22 bits per heavy atom. The van der Waals surface area contributed by atoms with E-state index in [-0.39, 0.29) is 11.8 Å². The van der Waals surface area contributed by atoms with Gasteiger partial charge in [0.1, 0.15) is 6.04 Å². The van der Waals surface area contributed by atoms with Crippen LogP contribution in [0, 0.1) is 17.8 Å². The number of aliphatic carboxylic acids is 1. The Balaban J connectivity index is 1.92. The summed E-state index contributed by atoms with van der Waals surface area (Å²) in [5, 5.41) is 13.7. The monoisotopic (exact) mass is 371 g/mol. The molecule has 1 aliphatic heterocycles. The van der Waals surface area contributed by atoms with E-state index in [0.717, 1.165) is 36.0 Å². The number of rotatable bonds is 5. The molecule has 6 heteroatoms. The molecule has 1 saturated heterocycles. The Kier molecular flexibility index (Phi) is 5.56. The normalized spacial score (nSPS) is 22.1. The van der Waals surface area contributed by atoms with Crippen LogP contribution in [0.15, 0.2) is 24.4 Å². The number of aromatic amines is 1. The van der Waals surface area contributed by atoms with E-state index in [1.165, 1.54) is 0 Å². The largest absolute Gasteiger partial charge is 0.480 e. The zero-order valence-corrected chi connectivity index (χ0v) is 16.5. The van der Waals surface area contributed by atoms with Gasteiger partial charge in [-0.05, 0) is 30.4 Å². The van der Waals surface area contributed by atoms with Crippen LogP contribution < -0.4 is 5.32 Å². The fourth-order valence-electron chi connectivity index (χ4n) is 4.15. The number of nitrogens with one attached hydrogen (secondary N) is 2. The van der Waals surface area contributed by atoms with Crippen LogP contribution in [-0.2, 0) is 9.59 Å². The molecule has 1 fully saturated rings. The summed E-state index contributed by atoms with van der Waals surface area (Å²) < 4.78 is 0. The van der Waals surface area contributed by atoms with Crippen LogP contribution in [0.1, 0.15) is 45.7 Å². The number of nitrogens with zero attached hydrogens (tertiary/aromatic N) is 1. The molecule has 2 aromatic rings. The smallest absolute Gasteiger partial charge is 0.325 e. The van der Waals surface area contributed by atoms with Gasteiger partial charge in [0.05, 0.1) is 0 Å². The number of carbonyl (C=O) groups is 2. The van der Waals surface area contributed by atoms with Gasteiger partial charge in [0.15, 0.2) is 0 Å². The summed E-state index contributed by atoms with van der Waals surface area (Å²) in [7, 11) is 0. The van der Waals surface area contributed by atoms with Crippen molar-refractivity contribution in [1.82, 2.24) is 9.88 Å². The Morgan fingerprint density at radius 2 is 1.89 bits per heavy atom. The molecule has 1 unspecified atom stereocenters. The third-order valence-electron chi connectivity index (χ3n) is 5.30. The van der Waals surface area contributed by atoms with Gasteiger partial charge in [-0.3, -0.25) is 14.5 Å². The molecule has 0 spiro atoms. The Hall–Kier alpha value is -2.34. The number of piperidine rings is 1. The van der Waals surface area contributed by atoms with Crippen molar-refractivity contribution in [3.8, 4) is 0 Å². The molecule has 0 radical (unpaired) electrons. The number of likely N-dealkylation sites (tertiary alicyclic amines) is 1. The minimum Gasteiger partial charge on any atom is -0.480 e. The van der Waals surface area contributed by atoms with Crippen molar-refractivity contribution in [1.29, 1.82) is 0 Å². The number of carboxylic acid groups (broad SMARTS) is 1. The van der Waals surface area contributed by atoms with Crippen molar-refractivity contribution in [3.05, 3.63) is 30.0 Å². The number of benzene rings is 1. The number of H-pyrrole nitrogens is 1. The first-order valence-corrected chi connectivity index (χ1v) is 9.65. The zero-order chi connectivity index (χ0) is 19.7. The number of carbonyl (C=O) groups excluding carboxylic acids is 1. The van der Waals surface area contributed by atoms with Crippen LogP contribution in [0.5, 0.6) is 0 Å². The van der Waals surface area contributed by atoms with E-state index in [0.29, 0.717) is 17.5 Å². The third kappa shape index (κ3) is 4.16. The zero-order valence-electron chi connectivity index (χ0n) is 16.5. The molecule has 3 N–H and O–H groups in total. The Labute approximate surface area is 159 Å². The molecule has 1 aromatic carbocycles. The van der Waals surface area contributed by atoms with E-state index in [1.54, 1.807) is 6.20 Å². The highest BCUT2D eigenvalue weighted by Crippen LogP contribution is 2.34. The van der Waals surface area contributed by atoms with E-state index in [1.807, 2.05) is 32.0 Å². The summed E-state index contributed by atoms with van der Waals surface area (Å²) in [4.78, 5) is 29.3. The van der Waals surface area contributed by atoms with Crippen molar-refractivity contribution in [3.63, 3.8) is 0 Å². The SMILES string of the molecule is CC(C)C(=O)Nc1ccc2c(C(C(=O)O)N3C[C@H](C)C[C@H](C)C3)c[nH]c2c1. The predicted octanol–water partition coefficient (Wildman–Crippen LogP) is 3.87. The van der Waals surface area contributed by atoms with Crippen LogP contribution in [0.2, 0.25) is 0 Å². The molecule has 1 aliphatic rings. The molecule has 27 heavy (non-hydrogen) atoms. The number of carboxylic acids is 1. The van der Waals surface area contributed by atoms with Crippen LogP contribution in [0.3, 0.4) is 0 Å². The number of fused-ring (bicyclic) bond motifs is 1. The van der Waals surface area contributed by atoms with Crippen LogP contribution in [0.4, 0.5) is 5.69 Å². The number of amides is 1. The van der Waals surface area contributed by atoms with Crippen LogP contribution >= 0.6 is 0 Å². The lowest BCUT2D eigenvalue weighted by atomic mass is 9.89. The first kappa shape index (κ1) is 19.4. The van der Waals surface area contributed by atoms with Crippen molar-refractivity contribution >= 4 is 28.5 Å². The highest BCUT2D eigenvalue weighted by molar-refractivity contribution is 5.96. The lowest BCUT2D eigenvalue weighted by Gasteiger charge is -2.38. The van der Waals surface area contributed by atoms with Gasteiger partial charge in [0.2, 0.25) is 5.91 Å². The molecular formula is C21H29N3O3. The summed E-state index contributed by atoms with van der Waals surface area (Å²) >= 11 is 0. The standard InChI is InChI=1S/C21H29N3O3/c1-12(2)20(25)23-15-5-6-16-17(9-22-18(16)8-15)19(21(26)27)24-10-13(3)7-14(4)11-24/h5-6,8-9,12-14,19,22H,7,10-11H2,1-4H3,(H,23,25)(H,26,27)/t13-,14+,19?. The molecular weight excluding hydrogens is 342 g/mol. The molecule has 1 aromatic heterocycles. The molecule has 3 rings (SSSR count). The minimum atomic E-state index is -0.825. The first-order chi connectivity index (χ1) is 12.8. The molecule has 0 aliphatic carbocycles. The average molecular weight is 371 g/mol. The van der Waals surface area contributed by atoms with Crippen molar-refractivity contribution in [2.24, 2.45) is 17.8 Å². The third-order valence-corrected chi connectivity index (χ3v) is 5.30. The summed E-state index contributed by atoms with van der Waals surface area (Å²) in [6, 6.07) is 4.92. The van der Waals surface area contributed by atoms with Gasteiger partial charge >= 0.3 is 5.97 Å². The maximum absolute atomic E-state index is 12.1. The van der Waals surface area contributed by atoms with E-state index in [9.17, 15) is 14.7 Å². The Morgan fingerprint density at radius 3 is 2.48 bits per heavy atom. The maximum Gasteiger partial charge on any atom is 0.325 e. The van der Waals surface area contributed by atoms with Crippen LogP contribution in [0.25, 0.3) is 10.9 Å². The number of hydrogen-bond acceptors (Lipinski definition) is 3. The summed E-state index contributed by atoms with van der Waals surface area (Å²) in [6.07, 6.45) is 2.93. The second-order valence-corrected chi connectivity index (χ2v) is 8.29. The molecule has 1 amide bonds. The second kappa shape index (κ2) is 7.72. The summed E-state index contributed by atoms with van der Waals surface area (Å²) in [6.45, 7) is 9.63. The van der Waals surface area contributed by atoms with Gasteiger partial charge in [-0.1, -0.05) is 33.8 Å². The van der Waals surface area contributed by atoms with Gasteiger partial charge in [0, 0.05) is 47.4 Å². The molecule has 6 nitrogen and oxygen atoms in total. The summed E-state index contributed by atoms with van der Waals surface area (Å²) in [5.74, 6) is 0.00639. The van der Waals surface area contributed by atoms with Crippen LogP contribution in [-0.4, -0.2) is 40.0 Å². The lowest BCUT2D eigenvalue weighted by molar-refractivity contribution is -0.144. The fraction of sp³-hybridized carbons (Fsp3) is 0.524. The van der Waals surface area contributed by atoms with E-state index in [4.69, 9.17) is 0 Å². The van der Waals surface area contributed by atoms with Crippen molar-refractivity contribution in [2.45, 2.75) is 40.2 Å². The molecule has 146 valence electrons. The molecule has 0 saturated carbocycles. The van der Waals surface area contributed by atoms with Gasteiger partial charge in [0.25, 0.3) is 0 Å². The number of aromatic nitrogens is 1. The molecule has 0 bridgehead atoms. The van der Waals surface area contributed by atoms with E-state index in [2.05, 4.69) is 29.0 Å². The predicted molar refractivity (Wildman–Crippen MR) is 107 cm³/mol. The lowest BCUT2D eigenvalue weighted by Crippen LogP contribution is -2.43. The molecule has 2 heterocycles. The first-order valence-electron chi connectivity index (χ1n) is 9.65. The quantitative estimate of drug-likeness (QED) is 0.745. The number of anilines is 1. The fourth-order valence-corrected chi connectivity index (χ4v) is 4.15. The van der Waals surface area contributed by atoms with Gasteiger partial charge < -0.3 is 15.4 Å². The topological polar surface area (TPSA) is 85.4 Å². The van der Waals surface area contributed by atoms with Crippen molar-refractivity contribution in [2.75, 3.05) is 18.4 Å². The summed E-state index contributed by atoms with van der Waals surface area (Å²) in [5.41, 5.74) is 2.32. The second-order valence-electron chi connectivity index (χ2n) is 8.29. The van der Waals surface area contributed by atoms with Gasteiger partial charge in [-0.15, -0.1) is 0 Å². The Bertz CT molecular complexity index is 832. The number of hydrogen-bond donors (Lipinski definition) is 3. The van der Waals surface area contributed by atoms with E-state index >= 15 is 0 Å². The van der Waals surface area contributed by atoms with E-state index < -0.39 is 12.0 Å². The van der Waals surface area contributed by atoms with Crippen molar-refractivity contribution < 1.29 is 14.7 Å². The highest BCUT2D eigenvalue weighted by atomic mass is 16.4.